The summed E-state index contributed by atoms with van der Waals surface area (Å²) in [6.07, 6.45) is 1.02. The van der Waals surface area contributed by atoms with Crippen molar-refractivity contribution in [1.29, 1.82) is 0 Å². The molecule has 1 aliphatic heterocycles. The minimum atomic E-state index is -1.74. The lowest BCUT2D eigenvalue weighted by molar-refractivity contribution is -0.144. The Kier molecular flexibility index (Phi) is 27.3. The zero-order chi connectivity index (χ0) is 62.2. The number of rotatable bonds is 34. The molecule has 84 heavy (non-hydrogen) atoms. The number of fused-ring (bicyclic) bond motifs is 1. The van der Waals surface area contributed by atoms with E-state index in [-0.39, 0.29) is 75.7 Å². The molecular formula is C54H78N14O15S. The highest BCUT2D eigenvalue weighted by atomic mass is 32.1. The summed E-state index contributed by atoms with van der Waals surface area (Å²) in [5.74, 6) is -11.6. The number of carbonyl (C=O) groups is 11. The van der Waals surface area contributed by atoms with Crippen molar-refractivity contribution in [3.8, 4) is 0 Å². The summed E-state index contributed by atoms with van der Waals surface area (Å²) >= 11 is 4.22. The van der Waals surface area contributed by atoms with E-state index in [4.69, 9.17) is 17.2 Å². The second-order valence-electron chi connectivity index (χ2n) is 20.6. The maximum Gasteiger partial charge on any atom is 0.328 e. The molecule has 0 spiro atoms. The minimum absolute atomic E-state index is 0.0346. The molecule has 1 aromatic heterocycles. The van der Waals surface area contributed by atoms with Crippen molar-refractivity contribution in [2.45, 2.75) is 139 Å². The van der Waals surface area contributed by atoms with Gasteiger partial charge in [-0.3, -0.25) is 52.9 Å². The van der Waals surface area contributed by atoms with E-state index in [0.29, 0.717) is 5.56 Å². The van der Waals surface area contributed by atoms with Crippen LogP contribution in [0, 0.1) is 5.92 Å². The minimum Gasteiger partial charge on any atom is -0.481 e. The Morgan fingerprint density at radius 3 is 1.87 bits per heavy atom. The van der Waals surface area contributed by atoms with Gasteiger partial charge in [0.25, 0.3) is 0 Å². The molecule has 9 amide bonds. The molecule has 2 heterocycles. The number of aromatic amines is 1. The van der Waals surface area contributed by atoms with Crippen LogP contribution < -0.4 is 59.7 Å². The van der Waals surface area contributed by atoms with E-state index in [1.807, 2.05) is 24.3 Å². The molecule has 19 N–H and O–H groups in total. The number of nitrogens with two attached hydrogens (primary N) is 3. The van der Waals surface area contributed by atoms with Gasteiger partial charge in [-0.15, -0.1) is 0 Å². The number of thiol groups is 1. The van der Waals surface area contributed by atoms with Gasteiger partial charge < -0.3 is 90.0 Å². The molecule has 2 aromatic carbocycles. The fourth-order valence-corrected chi connectivity index (χ4v) is 9.34. The van der Waals surface area contributed by atoms with E-state index in [9.17, 15) is 73.2 Å². The van der Waals surface area contributed by atoms with Gasteiger partial charge in [-0.25, -0.2) is 4.79 Å². The van der Waals surface area contributed by atoms with Crippen molar-refractivity contribution >= 4 is 94.6 Å². The number of nitrogens with one attached hydrogen (secondary N) is 9. The molecule has 10 atom stereocenters. The summed E-state index contributed by atoms with van der Waals surface area (Å²) in [5.41, 5.74) is 19.4. The molecule has 0 saturated carbocycles. The first-order valence-corrected chi connectivity index (χ1v) is 27.9. The number of aromatic nitrogens is 1. The standard InChI is InChI=1S/C54H78N14O15S/c1-28(2)21-37(47(76)66-40(26-70)53(82)83)63-44(73)29(3)60-50(79)41(27-84)67-48(77)38(22-30-11-5-4-6-12-30)64-49(78)39(25-69)65-51(80)42-16-10-20-68(42)52(81)36(17-18-43(71)72)62-46(75)35(15-9-19-58-54(56)57)61-45(74)33(55)23-31-24-59-34-14-8-7-13-32(31)34/h4-8,11-14,24,28-29,33,35-42,59,69-70,84H,9-10,15-23,25-27,55H2,1-3H3,(H,60,79)(H,61,74)(H,62,75)(H,63,73)(H,64,78)(H,65,80)(H,66,76)(H,67,77)(H,71,72)(H,82,83)(H4,56,57,58)/t29-,33-,35-,36-,37-,38-,39-,40-,41-,42-/m0/s1. The number of carboxylic acid groups (broad SMARTS) is 2. The first-order chi connectivity index (χ1) is 39.9. The lowest BCUT2D eigenvalue weighted by Crippen LogP contribution is -2.61. The van der Waals surface area contributed by atoms with E-state index >= 15 is 0 Å². The Labute approximate surface area is 489 Å². The summed E-state index contributed by atoms with van der Waals surface area (Å²) < 4.78 is 0. The van der Waals surface area contributed by atoms with Gasteiger partial charge in [0.2, 0.25) is 53.2 Å². The number of aliphatic hydroxyl groups excluding tert-OH is 2. The quantitative estimate of drug-likeness (QED) is 0.0118. The van der Waals surface area contributed by atoms with E-state index in [1.54, 1.807) is 50.4 Å². The van der Waals surface area contributed by atoms with Crippen LogP contribution in [-0.4, -0.2) is 194 Å². The van der Waals surface area contributed by atoms with Gasteiger partial charge in [0.05, 0.1) is 19.3 Å². The third-order valence-corrected chi connectivity index (χ3v) is 13.9. The maximum absolute atomic E-state index is 14.4. The second kappa shape index (κ2) is 33.7. The largest absolute Gasteiger partial charge is 0.481 e. The molecular weight excluding hydrogens is 1120 g/mol. The third kappa shape index (κ3) is 21.1. The predicted molar refractivity (Wildman–Crippen MR) is 308 cm³/mol. The van der Waals surface area contributed by atoms with Crippen LogP contribution in [0.1, 0.15) is 76.8 Å². The average molecular weight is 1200 g/mol. The molecule has 29 nitrogen and oxygen atoms in total. The number of aliphatic hydroxyl groups is 2. The van der Waals surface area contributed by atoms with Crippen molar-refractivity contribution in [2.75, 3.05) is 32.1 Å². The molecule has 0 unspecified atom stereocenters. The van der Waals surface area contributed by atoms with Crippen LogP contribution in [0.15, 0.2) is 65.8 Å². The Balaban J connectivity index is 1.47. The number of para-hydroxylation sites is 1. The van der Waals surface area contributed by atoms with Crippen LogP contribution in [0.2, 0.25) is 0 Å². The highest BCUT2D eigenvalue weighted by Gasteiger charge is 2.40. The fourth-order valence-electron chi connectivity index (χ4n) is 9.08. The first kappa shape index (κ1) is 68.2. The number of hydrogen-bond acceptors (Lipinski definition) is 16. The summed E-state index contributed by atoms with van der Waals surface area (Å²) in [6, 6.07) is 1.46. The van der Waals surface area contributed by atoms with E-state index in [2.05, 4.69) is 65.1 Å². The number of likely N-dealkylation sites (tertiary alicyclic amines) is 1. The molecule has 1 fully saturated rings. The number of aliphatic carboxylic acids is 2. The molecule has 1 saturated heterocycles. The summed E-state index contributed by atoms with van der Waals surface area (Å²) in [5, 5.41) is 59.3. The van der Waals surface area contributed by atoms with Crippen LogP contribution in [0.3, 0.4) is 0 Å². The van der Waals surface area contributed by atoms with Crippen molar-refractivity contribution in [3.63, 3.8) is 0 Å². The Bertz CT molecular complexity index is 2820. The van der Waals surface area contributed by atoms with Crippen molar-refractivity contribution < 1.29 is 73.2 Å². The highest BCUT2D eigenvalue weighted by molar-refractivity contribution is 7.80. The monoisotopic (exact) mass is 1190 g/mol. The maximum atomic E-state index is 14.4. The number of benzene rings is 2. The Morgan fingerprint density at radius 2 is 1.24 bits per heavy atom. The number of amides is 9. The molecule has 4 rings (SSSR count). The molecule has 0 aliphatic carbocycles. The number of carbonyl (C=O) groups excluding carboxylic acids is 9. The van der Waals surface area contributed by atoms with Crippen molar-refractivity contribution in [3.05, 3.63) is 71.9 Å². The van der Waals surface area contributed by atoms with Crippen LogP contribution >= 0.6 is 12.6 Å². The fraction of sp³-hybridized carbons (Fsp3) is 0.519. The zero-order valence-electron chi connectivity index (χ0n) is 46.9. The number of carboxylic acids is 2. The van der Waals surface area contributed by atoms with Crippen molar-refractivity contribution in [2.24, 2.45) is 28.1 Å². The topological polar surface area (TPSA) is 474 Å². The van der Waals surface area contributed by atoms with Gasteiger partial charge in [0, 0.05) is 48.8 Å². The van der Waals surface area contributed by atoms with Crippen LogP contribution in [0.25, 0.3) is 10.9 Å². The molecule has 0 bridgehead atoms. The lowest BCUT2D eigenvalue weighted by Gasteiger charge is -2.30. The van der Waals surface area contributed by atoms with Gasteiger partial charge in [0.15, 0.2) is 5.96 Å². The van der Waals surface area contributed by atoms with Gasteiger partial charge in [-0.05, 0) is 75.0 Å². The van der Waals surface area contributed by atoms with E-state index in [0.717, 1.165) is 21.4 Å². The highest BCUT2D eigenvalue weighted by Crippen LogP contribution is 2.22. The van der Waals surface area contributed by atoms with Gasteiger partial charge in [0.1, 0.15) is 54.4 Å². The van der Waals surface area contributed by atoms with Crippen LogP contribution in [0.4, 0.5) is 0 Å². The molecule has 30 heteroatoms. The number of aliphatic imine (C=N–C) groups is 1. The van der Waals surface area contributed by atoms with E-state index in [1.165, 1.54) is 6.92 Å². The first-order valence-electron chi connectivity index (χ1n) is 27.3. The normalized spacial score (nSPS) is 16.2. The second-order valence-corrected chi connectivity index (χ2v) is 21.0. The van der Waals surface area contributed by atoms with Gasteiger partial charge in [-0.1, -0.05) is 62.4 Å². The number of guanidine groups is 1. The molecule has 460 valence electrons. The summed E-state index contributed by atoms with van der Waals surface area (Å²) in [6.45, 7) is 2.85. The third-order valence-electron chi connectivity index (χ3n) is 13.6. The summed E-state index contributed by atoms with van der Waals surface area (Å²) in [4.78, 5) is 155. The van der Waals surface area contributed by atoms with E-state index < -0.39 is 152 Å². The number of H-pyrrole nitrogens is 1. The number of hydrogen-bond donors (Lipinski definition) is 17. The lowest BCUT2D eigenvalue weighted by atomic mass is 10.0. The predicted octanol–water partition coefficient (Wildman–Crippen LogP) is -3.87. The molecule has 3 aromatic rings. The zero-order valence-corrected chi connectivity index (χ0v) is 47.8. The van der Waals surface area contributed by atoms with Crippen LogP contribution in [-0.2, 0) is 65.6 Å². The van der Waals surface area contributed by atoms with Gasteiger partial charge >= 0.3 is 11.9 Å². The SMILES string of the molecule is CC(C)C[C@H](NC(=O)[C@H](C)NC(=O)[C@H](CS)NC(=O)[C@H](Cc1ccccc1)NC(=O)[C@H](CO)NC(=O)[C@@H]1CCCN1C(=O)[C@H](CCC(=O)O)NC(=O)[C@H](CCCN=C(N)N)NC(=O)[C@@H](N)Cc1c[nH]c2ccccc12)C(=O)N[C@@H](CO)C(=O)O. The van der Waals surface area contributed by atoms with Gasteiger partial charge in [-0.2, -0.15) is 12.6 Å². The molecule has 0 radical (unpaired) electrons. The van der Waals surface area contributed by atoms with Crippen LogP contribution in [0.5, 0.6) is 0 Å². The Morgan fingerprint density at radius 1 is 0.667 bits per heavy atom. The summed E-state index contributed by atoms with van der Waals surface area (Å²) in [7, 11) is 0. The smallest absolute Gasteiger partial charge is 0.328 e. The molecule has 1 aliphatic rings. The van der Waals surface area contributed by atoms with Crippen molar-refractivity contribution in [1.82, 2.24) is 52.4 Å². The Hall–Kier alpha value is -8.35. The number of nitrogens with zero attached hydrogens (tertiary/aromatic N) is 2. The average Bonchev–Trinajstić information content (AvgIpc) is 3.93.